The maximum Gasteiger partial charge on any atom is 1.00 e. The molecule has 0 heterocycles. The van der Waals surface area contributed by atoms with Crippen molar-refractivity contribution in [3.05, 3.63) is 83.6 Å². The van der Waals surface area contributed by atoms with Gasteiger partial charge in [0.25, 0.3) is 0 Å². The van der Waals surface area contributed by atoms with Gasteiger partial charge in [0.05, 0.1) is 19.8 Å². The van der Waals surface area contributed by atoms with E-state index in [1.807, 2.05) is 30.3 Å². The number of benzene rings is 2. The Labute approximate surface area is 222 Å². The number of hydrogen-bond donors (Lipinski definition) is 0. The Hall–Kier alpha value is -3.67. The zero-order valence-corrected chi connectivity index (χ0v) is 21.1. The molecule has 0 bridgehead atoms. The fourth-order valence-electron chi connectivity index (χ4n) is 2.12. The van der Waals surface area contributed by atoms with E-state index in [1.54, 1.807) is 58.0 Å². The number of carbonyl (C=O) groups is 5. The summed E-state index contributed by atoms with van der Waals surface area (Å²) in [6, 6.07) is 17.5. The summed E-state index contributed by atoms with van der Waals surface area (Å²) < 4.78 is 13.2. The molecule has 0 N–H and O–H groups in total. The molecule has 0 spiro atoms. The normalized spacial score (nSPS) is 9.50. The van der Waals surface area contributed by atoms with Crippen LogP contribution < -0.4 is 24.0 Å². The van der Waals surface area contributed by atoms with Crippen molar-refractivity contribution >= 4 is 29.5 Å². The average molecular weight is 492 g/mol. The third-order valence-electron chi connectivity index (χ3n) is 3.69. The van der Waals surface area contributed by atoms with E-state index in [2.05, 4.69) is 14.2 Å². The SMILES string of the molecule is CC(=O)c1ccccc1.CCOC(=O)/C([O-])=C/C(=O)c1ccccc1.CCOC(=O)C(=O)OCC.[Li+]. The van der Waals surface area contributed by atoms with Crippen LogP contribution in [0.5, 0.6) is 0 Å². The molecular formula is C26H29LiO9. The van der Waals surface area contributed by atoms with Gasteiger partial charge in [0.2, 0.25) is 0 Å². The van der Waals surface area contributed by atoms with Gasteiger partial charge in [-0.05, 0) is 39.5 Å². The van der Waals surface area contributed by atoms with Gasteiger partial charge in [-0.3, -0.25) is 9.59 Å². The molecule has 2 rings (SSSR count). The second-order valence-corrected chi connectivity index (χ2v) is 6.32. The van der Waals surface area contributed by atoms with Crippen molar-refractivity contribution in [2.45, 2.75) is 27.7 Å². The summed E-state index contributed by atoms with van der Waals surface area (Å²) in [5.41, 5.74) is 1.14. The van der Waals surface area contributed by atoms with E-state index in [-0.39, 0.29) is 44.5 Å². The second-order valence-electron chi connectivity index (χ2n) is 6.32. The Morgan fingerprint density at radius 3 is 1.36 bits per heavy atom. The van der Waals surface area contributed by atoms with E-state index < -0.39 is 29.5 Å². The van der Waals surface area contributed by atoms with Crippen molar-refractivity contribution in [2.75, 3.05) is 19.8 Å². The van der Waals surface area contributed by atoms with Crippen molar-refractivity contribution in [3.63, 3.8) is 0 Å². The standard InChI is InChI=1S/C12H12O4.C8H8O.C6H10O4.Li/c1-2-16-12(15)11(14)8-10(13)9-6-4-3-5-7-9;1-7(9)8-5-3-2-4-6-8;1-3-9-5(7)6(8)10-4-2;/h3-8,14H,2H2,1H3;2-6H,1H3;3-4H2,1-2H3;/q;;;+1/p-1/b11-8-;;;. The molecule has 188 valence electrons. The quantitative estimate of drug-likeness (QED) is 0.0969. The van der Waals surface area contributed by atoms with Gasteiger partial charge in [0, 0.05) is 11.1 Å². The zero-order valence-electron chi connectivity index (χ0n) is 21.1. The van der Waals surface area contributed by atoms with E-state index >= 15 is 0 Å². The Balaban J connectivity index is 0. The first kappa shape index (κ1) is 34.5. The van der Waals surface area contributed by atoms with E-state index in [4.69, 9.17) is 0 Å². The molecule has 36 heavy (non-hydrogen) atoms. The van der Waals surface area contributed by atoms with Crippen molar-refractivity contribution in [2.24, 2.45) is 0 Å². The van der Waals surface area contributed by atoms with Crippen molar-refractivity contribution in [1.82, 2.24) is 0 Å². The topological polar surface area (TPSA) is 136 Å². The molecule has 0 fully saturated rings. The summed E-state index contributed by atoms with van der Waals surface area (Å²) in [7, 11) is 0. The van der Waals surface area contributed by atoms with E-state index in [0.717, 1.165) is 11.6 Å². The number of esters is 3. The fraction of sp³-hybridized carbons (Fsp3) is 0.269. The minimum absolute atomic E-state index is 0. The molecule has 0 aromatic heterocycles. The third kappa shape index (κ3) is 15.3. The molecular weight excluding hydrogens is 463 g/mol. The van der Waals surface area contributed by atoms with Gasteiger partial charge in [0.1, 0.15) is 0 Å². The Bertz CT molecular complexity index is 971. The summed E-state index contributed by atoms with van der Waals surface area (Å²) >= 11 is 0. The molecule has 0 unspecified atom stereocenters. The Morgan fingerprint density at radius 2 is 1.03 bits per heavy atom. The molecule has 9 nitrogen and oxygen atoms in total. The summed E-state index contributed by atoms with van der Waals surface area (Å²) in [6.45, 7) is 6.89. The monoisotopic (exact) mass is 492 g/mol. The largest absolute Gasteiger partial charge is 1.00 e. The number of Topliss-reactive ketones (excluding diaryl/α,β-unsaturated/α-hetero) is 1. The van der Waals surface area contributed by atoms with Crippen LogP contribution in [0.15, 0.2) is 72.5 Å². The number of rotatable bonds is 7. The molecule has 0 aliphatic carbocycles. The van der Waals surface area contributed by atoms with Gasteiger partial charge in [-0.15, -0.1) is 0 Å². The first-order chi connectivity index (χ1) is 16.7. The van der Waals surface area contributed by atoms with Crippen molar-refractivity contribution in [1.29, 1.82) is 0 Å². The third-order valence-corrected chi connectivity index (χ3v) is 3.69. The van der Waals surface area contributed by atoms with Crippen LogP contribution in [0.25, 0.3) is 0 Å². The smallest absolute Gasteiger partial charge is 0.867 e. The van der Waals surface area contributed by atoms with Gasteiger partial charge < -0.3 is 19.3 Å². The summed E-state index contributed by atoms with van der Waals surface area (Å²) in [6.07, 6.45) is 0.743. The maximum atomic E-state index is 11.5. The second kappa shape index (κ2) is 20.7. The number of ketones is 2. The molecule has 2 aromatic rings. The van der Waals surface area contributed by atoms with Crippen LogP contribution in [0.3, 0.4) is 0 Å². The Kier molecular flexibility index (Phi) is 19.8. The van der Waals surface area contributed by atoms with Crippen molar-refractivity contribution < 1.29 is 62.2 Å². The molecule has 0 aliphatic rings. The minimum Gasteiger partial charge on any atom is -0.867 e. The molecule has 2 aromatic carbocycles. The molecule has 0 aliphatic heterocycles. The first-order valence-electron chi connectivity index (χ1n) is 10.7. The van der Waals surface area contributed by atoms with E-state index in [9.17, 15) is 29.1 Å². The van der Waals surface area contributed by atoms with Crippen LogP contribution in [-0.4, -0.2) is 49.3 Å². The molecule has 0 atom stereocenters. The number of allylic oxidation sites excluding steroid dienone is 1. The summed E-state index contributed by atoms with van der Waals surface area (Å²) in [4.78, 5) is 54.0. The first-order valence-corrected chi connectivity index (χ1v) is 10.7. The summed E-state index contributed by atoms with van der Waals surface area (Å²) in [5.74, 6) is -4.18. The molecule has 10 heteroatoms. The van der Waals surface area contributed by atoms with Crippen LogP contribution in [0.1, 0.15) is 48.4 Å². The molecule has 0 amide bonds. The predicted octanol–water partition coefficient (Wildman–Crippen LogP) is -0.318. The van der Waals surface area contributed by atoms with Gasteiger partial charge in [-0.1, -0.05) is 60.7 Å². The van der Waals surface area contributed by atoms with Crippen molar-refractivity contribution in [3.8, 4) is 0 Å². The molecule has 0 saturated heterocycles. The number of carbonyl (C=O) groups excluding carboxylic acids is 5. The average Bonchev–Trinajstić information content (AvgIpc) is 2.86. The molecule has 0 saturated carbocycles. The Morgan fingerprint density at radius 1 is 0.667 bits per heavy atom. The van der Waals surface area contributed by atoms with Crippen LogP contribution in [0, 0.1) is 0 Å². The van der Waals surface area contributed by atoms with Gasteiger partial charge in [0.15, 0.2) is 11.6 Å². The zero-order chi connectivity index (χ0) is 26.6. The van der Waals surface area contributed by atoms with Gasteiger partial charge >= 0.3 is 36.8 Å². The van der Waals surface area contributed by atoms with Gasteiger partial charge in [-0.25, -0.2) is 14.4 Å². The molecule has 0 radical (unpaired) electrons. The number of ether oxygens (including phenoxy) is 3. The maximum absolute atomic E-state index is 11.5. The van der Waals surface area contributed by atoms with E-state index in [1.165, 1.54) is 0 Å². The fourth-order valence-corrected chi connectivity index (χ4v) is 2.12. The van der Waals surface area contributed by atoms with Crippen LogP contribution >= 0.6 is 0 Å². The van der Waals surface area contributed by atoms with E-state index in [0.29, 0.717) is 5.56 Å². The predicted molar refractivity (Wildman–Crippen MR) is 125 cm³/mol. The van der Waals surface area contributed by atoms with Gasteiger partial charge in [-0.2, -0.15) is 0 Å². The number of hydrogen-bond acceptors (Lipinski definition) is 9. The van der Waals surface area contributed by atoms with Crippen LogP contribution in [0.4, 0.5) is 0 Å². The van der Waals surface area contributed by atoms with Crippen LogP contribution in [0.2, 0.25) is 0 Å². The summed E-state index contributed by atoms with van der Waals surface area (Å²) in [5, 5.41) is 11.2. The van der Waals surface area contributed by atoms with Crippen LogP contribution in [-0.2, 0) is 28.6 Å². The minimum atomic E-state index is -1.01.